The molecule has 35 heavy (non-hydrogen) atoms. The number of hydrogen-bond acceptors (Lipinski definition) is 0. The van der Waals surface area contributed by atoms with Crippen molar-refractivity contribution in [3.05, 3.63) is 116 Å². The van der Waals surface area contributed by atoms with Gasteiger partial charge in [0.25, 0.3) is 0 Å². The van der Waals surface area contributed by atoms with Crippen molar-refractivity contribution in [2.75, 3.05) is 0 Å². The van der Waals surface area contributed by atoms with Crippen molar-refractivity contribution in [3.63, 3.8) is 0 Å². The minimum Gasteiger partial charge on any atom is -0.207 e. The van der Waals surface area contributed by atoms with E-state index in [2.05, 4.69) is 29.8 Å². The average Bonchev–Trinajstić information content (AvgIpc) is 2.78. The summed E-state index contributed by atoms with van der Waals surface area (Å²) in [7, 11) is 0. The first-order valence-electron chi connectivity index (χ1n) is 12.0. The van der Waals surface area contributed by atoms with Crippen molar-refractivity contribution in [2.45, 2.75) is 40.5 Å². The first-order valence-corrected chi connectivity index (χ1v) is 12.8. The van der Waals surface area contributed by atoms with Gasteiger partial charge in [-0.15, -0.1) is 0 Å². The monoisotopic (exact) mass is 538 g/mol. The third-order valence-electron chi connectivity index (χ3n) is 6.90. The number of hydrogen-bond donors (Lipinski definition) is 0. The van der Waals surface area contributed by atoms with Gasteiger partial charge in [-0.3, -0.25) is 0 Å². The molecule has 0 nitrogen and oxygen atoms in total. The van der Waals surface area contributed by atoms with Crippen molar-refractivity contribution >= 4 is 27.1 Å². The minimum atomic E-state index is -0.354. The predicted octanol–water partition coefficient (Wildman–Crippen LogP) is 9.90. The molecule has 2 atom stereocenters. The van der Waals surface area contributed by atoms with Gasteiger partial charge in [-0.05, 0) is 94.5 Å². The van der Waals surface area contributed by atoms with Crippen LogP contribution in [0.4, 0.5) is 13.2 Å². The van der Waals surface area contributed by atoms with Crippen LogP contribution in [0.3, 0.4) is 0 Å². The van der Waals surface area contributed by atoms with Crippen molar-refractivity contribution in [2.24, 2.45) is 17.8 Å². The molecule has 4 heteroatoms. The summed E-state index contributed by atoms with van der Waals surface area (Å²) in [4.78, 5) is 0. The fourth-order valence-corrected chi connectivity index (χ4v) is 5.89. The van der Waals surface area contributed by atoms with Crippen LogP contribution in [0.25, 0.3) is 11.1 Å². The Morgan fingerprint density at radius 2 is 1.43 bits per heavy atom. The summed E-state index contributed by atoms with van der Waals surface area (Å²) >= 11 is 3.59. The second-order valence-electron chi connectivity index (χ2n) is 9.98. The van der Waals surface area contributed by atoms with Crippen LogP contribution in [0.2, 0.25) is 0 Å². The van der Waals surface area contributed by atoms with Gasteiger partial charge in [0, 0.05) is 16.0 Å². The molecule has 0 amide bonds. The van der Waals surface area contributed by atoms with Crippen molar-refractivity contribution in [1.29, 1.82) is 0 Å². The highest BCUT2D eigenvalue weighted by atomic mass is 79.9. The zero-order valence-corrected chi connectivity index (χ0v) is 22.3. The molecule has 3 aromatic carbocycles. The van der Waals surface area contributed by atoms with Gasteiger partial charge >= 0.3 is 0 Å². The maximum atomic E-state index is 16.8. The molecule has 0 heterocycles. The van der Waals surface area contributed by atoms with E-state index in [0.717, 1.165) is 26.7 Å². The van der Waals surface area contributed by atoms with Gasteiger partial charge in [-0.2, -0.15) is 0 Å². The topological polar surface area (TPSA) is 0 Å². The standard InChI is InChI=1S/C31H30BrF3/c1-17(2)26-28(21-7-6-8-22(32)16-21)29(20-9-11-23(33)12-10-20)31(35)27(18(3)4)30(26)25-14-13-24(34)15-19(25)5/h6-18,26,28H,1-5H3. The fraction of sp³-hybridized carbons (Fsp3) is 0.290. The lowest BCUT2D eigenvalue weighted by Crippen LogP contribution is -2.28. The molecule has 3 aromatic rings. The summed E-state index contributed by atoms with van der Waals surface area (Å²) < 4.78 is 45.6. The van der Waals surface area contributed by atoms with Crippen LogP contribution in [-0.2, 0) is 0 Å². The molecule has 182 valence electrons. The number of benzene rings is 3. The molecule has 1 aliphatic rings. The van der Waals surface area contributed by atoms with E-state index in [-0.39, 0.29) is 41.1 Å². The van der Waals surface area contributed by atoms with E-state index in [9.17, 15) is 8.78 Å². The maximum Gasteiger partial charge on any atom is 0.131 e. The molecule has 0 spiro atoms. The van der Waals surface area contributed by atoms with Crippen LogP contribution in [0.1, 0.15) is 55.9 Å². The SMILES string of the molecule is Cc1cc(F)ccc1C1=C(C(C)C)C(F)=C(c2ccc(F)cc2)C(c2cccc(Br)c2)C1C(C)C. The summed E-state index contributed by atoms with van der Waals surface area (Å²) in [5.41, 5.74) is 5.47. The quantitative estimate of drug-likeness (QED) is 0.303. The average molecular weight is 539 g/mol. The molecule has 1 aliphatic carbocycles. The Hall–Kier alpha value is -2.59. The molecule has 4 rings (SSSR count). The number of allylic oxidation sites excluding steroid dienone is 4. The lowest BCUT2D eigenvalue weighted by molar-refractivity contribution is 0.429. The van der Waals surface area contributed by atoms with Gasteiger partial charge in [0.15, 0.2) is 0 Å². The molecule has 0 bridgehead atoms. The zero-order chi connectivity index (χ0) is 25.4. The fourth-order valence-electron chi connectivity index (χ4n) is 5.47. The lowest BCUT2D eigenvalue weighted by Gasteiger charge is -2.41. The highest BCUT2D eigenvalue weighted by molar-refractivity contribution is 9.10. The van der Waals surface area contributed by atoms with Crippen molar-refractivity contribution < 1.29 is 13.2 Å². The smallest absolute Gasteiger partial charge is 0.131 e. The molecule has 2 unspecified atom stereocenters. The Balaban J connectivity index is 2.13. The Labute approximate surface area is 214 Å². The number of rotatable bonds is 5. The first kappa shape index (κ1) is 25.5. The Kier molecular flexibility index (Phi) is 7.42. The van der Waals surface area contributed by atoms with E-state index in [0.29, 0.717) is 16.7 Å². The van der Waals surface area contributed by atoms with Crippen LogP contribution in [0.15, 0.2) is 82.6 Å². The molecule has 0 saturated heterocycles. The summed E-state index contributed by atoms with van der Waals surface area (Å²) in [6.07, 6.45) is 0. The third kappa shape index (κ3) is 4.91. The van der Waals surface area contributed by atoms with Gasteiger partial charge in [0.1, 0.15) is 17.5 Å². The van der Waals surface area contributed by atoms with Gasteiger partial charge in [0.05, 0.1) is 0 Å². The van der Waals surface area contributed by atoms with Gasteiger partial charge in [-0.25, -0.2) is 13.2 Å². The Morgan fingerprint density at radius 1 is 0.771 bits per heavy atom. The van der Waals surface area contributed by atoms with Crippen LogP contribution in [0.5, 0.6) is 0 Å². The Bertz CT molecular complexity index is 1300. The van der Waals surface area contributed by atoms with E-state index in [1.54, 1.807) is 18.2 Å². The molecular formula is C31H30BrF3. The lowest BCUT2D eigenvalue weighted by atomic mass is 9.62. The van der Waals surface area contributed by atoms with E-state index in [4.69, 9.17) is 0 Å². The Morgan fingerprint density at radius 3 is 2.00 bits per heavy atom. The zero-order valence-electron chi connectivity index (χ0n) is 20.7. The van der Waals surface area contributed by atoms with E-state index >= 15 is 4.39 Å². The second-order valence-corrected chi connectivity index (χ2v) is 10.9. The van der Waals surface area contributed by atoms with E-state index in [1.807, 2.05) is 45.0 Å². The first-order chi connectivity index (χ1) is 16.6. The van der Waals surface area contributed by atoms with Crippen LogP contribution in [0, 0.1) is 36.3 Å². The minimum absolute atomic E-state index is 0.0783. The van der Waals surface area contributed by atoms with Crippen LogP contribution in [-0.4, -0.2) is 0 Å². The largest absolute Gasteiger partial charge is 0.207 e. The summed E-state index contributed by atoms with van der Waals surface area (Å²) in [5.74, 6) is -1.27. The molecule has 0 saturated carbocycles. The molecule has 0 aromatic heterocycles. The van der Waals surface area contributed by atoms with Gasteiger partial charge < -0.3 is 0 Å². The van der Waals surface area contributed by atoms with Crippen LogP contribution >= 0.6 is 15.9 Å². The highest BCUT2D eigenvalue weighted by Crippen LogP contribution is 2.56. The summed E-state index contributed by atoms with van der Waals surface area (Å²) in [6.45, 7) is 10.2. The maximum absolute atomic E-state index is 16.8. The number of aryl methyl sites for hydroxylation is 1. The van der Waals surface area contributed by atoms with Gasteiger partial charge in [-0.1, -0.05) is 74.0 Å². The van der Waals surface area contributed by atoms with Crippen LogP contribution < -0.4 is 0 Å². The van der Waals surface area contributed by atoms with Crippen molar-refractivity contribution in [3.8, 4) is 0 Å². The van der Waals surface area contributed by atoms with Crippen molar-refractivity contribution in [1.82, 2.24) is 0 Å². The molecule has 0 N–H and O–H groups in total. The predicted molar refractivity (Wildman–Crippen MR) is 143 cm³/mol. The van der Waals surface area contributed by atoms with E-state index < -0.39 is 0 Å². The molecule has 0 aliphatic heterocycles. The highest BCUT2D eigenvalue weighted by Gasteiger charge is 2.42. The normalized spacial score (nSPS) is 18.7. The summed E-state index contributed by atoms with van der Waals surface area (Å²) in [5, 5.41) is 0. The third-order valence-corrected chi connectivity index (χ3v) is 7.40. The summed E-state index contributed by atoms with van der Waals surface area (Å²) in [6, 6.07) is 18.8. The van der Waals surface area contributed by atoms with Gasteiger partial charge in [0.2, 0.25) is 0 Å². The number of halogens is 4. The molecule has 0 radical (unpaired) electrons. The second kappa shape index (κ2) is 10.2. The molecule has 0 fully saturated rings. The van der Waals surface area contributed by atoms with E-state index in [1.165, 1.54) is 24.3 Å². The molecular weight excluding hydrogens is 509 g/mol.